The van der Waals surface area contributed by atoms with Gasteiger partial charge in [-0.3, -0.25) is 10.7 Å². The number of sulfonamides is 1. The molecule has 1 aliphatic rings. The van der Waals surface area contributed by atoms with Crippen molar-refractivity contribution in [2.24, 2.45) is 4.99 Å². The van der Waals surface area contributed by atoms with Crippen LogP contribution in [-0.4, -0.2) is 65.6 Å². The Bertz CT molecular complexity index is 1010. The first kappa shape index (κ1) is 22.5. The number of benzene rings is 1. The number of halogens is 3. The summed E-state index contributed by atoms with van der Waals surface area (Å²) in [5, 5.41) is 19.7. The topological polar surface area (TPSA) is 133 Å². The van der Waals surface area contributed by atoms with E-state index >= 15 is 0 Å². The van der Waals surface area contributed by atoms with Crippen LogP contribution >= 0.6 is 15.9 Å². The molecule has 1 aromatic carbocycles. The molecule has 164 valence electrons. The van der Waals surface area contributed by atoms with Gasteiger partial charge in [-0.2, -0.15) is 4.31 Å². The number of aromatic nitrogens is 2. The number of nitrogens with one attached hydrogen (secondary N) is 2. The van der Waals surface area contributed by atoms with E-state index in [1.54, 1.807) is 0 Å². The average molecular weight is 509 g/mol. The van der Waals surface area contributed by atoms with Gasteiger partial charge in [0.15, 0.2) is 11.5 Å². The molecule has 1 fully saturated rings. The average Bonchev–Trinajstić information content (AvgIpc) is 3.14. The molecule has 14 heteroatoms. The second-order valence-corrected chi connectivity index (χ2v) is 9.44. The van der Waals surface area contributed by atoms with Gasteiger partial charge in [-0.1, -0.05) is 0 Å². The molecule has 0 bridgehead atoms. The minimum Gasteiger partial charge on any atom is -0.365 e. The van der Waals surface area contributed by atoms with Crippen LogP contribution in [0.2, 0.25) is 0 Å². The van der Waals surface area contributed by atoms with Gasteiger partial charge in [-0.25, -0.2) is 26.8 Å². The van der Waals surface area contributed by atoms with Crippen LogP contribution in [0.5, 0.6) is 0 Å². The molecule has 0 atom stereocenters. The zero-order chi connectivity index (χ0) is 21.7. The number of hydroxylamine groups is 1. The molecule has 1 aliphatic heterocycles. The molecule has 10 nitrogen and oxygen atoms in total. The summed E-state index contributed by atoms with van der Waals surface area (Å²) in [7, 11) is -3.43. The van der Waals surface area contributed by atoms with Gasteiger partial charge in [0.05, 0.1) is 15.9 Å². The Kier molecular flexibility index (Phi) is 7.33. The first-order valence-corrected chi connectivity index (χ1v) is 11.3. The number of rotatable bonds is 9. The minimum atomic E-state index is -3.43. The summed E-state index contributed by atoms with van der Waals surface area (Å²) in [6, 6.07) is 4.03. The molecule has 0 unspecified atom stereocenters. The van der Waals surface area contributed by atoms with Gasteiger partial charge >= 0.3 is 0 Å². The largest absolute Gasteiger partial charge is 0.365 e. The zero-order valence-corrected chi connectivity index (χ0v) is 18.0. The Hall–Kier alpha value is -2.16. The summed E-state index contributed by atoms with van der Waals surface area (Å²) in [5.41, 5.74) is 2.32. The lowest BCUT2D eigenvalue weighted by molar-refractivity contribution is 0.141. The molecule has 3 N–H and O–H groups in total. The van der Waals surface area contributed by atoms with Crippen molar-refractivity contribution in [2.75, 3.05) is 30.7 Å². The maximum absolute atomic E-state index is 13.4. The predicted octanol–water partition coefficient (Wildman–Crippen LogP) is 2.20. The first-order valence-electron chi connectivity index (χ1n) is 8.92. The molecule has 30 heavy (non-hydrogen) atoms. The molecule has 0 amide bonds. The normalized spacial score (nSPS) is 15.8. The summed E-state index contributed by atoms with van der Waals surface area (Å²) >= 11 is 3.05. The van der Waals surface area contributed by atoms with Crippen LogP contribution in [0.25, 0.3) is 0 Å². The lowest BCUT2D eigenvalue weighted by atomic mass is 10.3. The summed E-state index contributed by atoms with van der Waals surface area (Å²) in [6.45, 7) is 0.203. The van der Waals surface area contributed by atoms with Crippen LogP contribution in [0.15, 0.2) is 32.3 Å². The van der Waals surface area contributed by atoms with Crippen molar-refractivity contribution in [3.8, 4) is 0 Å². The van der Waals surface area contributed by atoms with Crippen LogP contribution in [-0.2, 0) is 10.0 Å². The number of unbranched alkanes of at least 4 members (excludes halogenated alkanes) is 1. The van der Waals surface area contributed by atoms with E-state index < -0.39 is 22.0 Å². The molecule has 1 saturated heterocycles. The maximum Gasteiger partial charge on any atom is 0.214 e. The van der Waals surface area contributed by atoms with Gasteiger partial charge in [0.25, 0.3) is 0 Å². The number of anilines is 1. The summed E-state index contributed by atoms with van der Waals surface area (Å²) < 4.78 is 56.1. The monoisotopic (exact) mass is 508 g/mol. The van der Waals surface area contributed by atoms with Gasteiger partial charge in [0, 0.05) is 19.6 Å². The van der Waals surface area contributed by atoms with E-state index in [2.05, 4.69) is 41.2 Å². The zero-order valence-electron chi connectivity index (χ0n) is 15.6. The van der Waals surface area contributed by atoms with E-state index in [0.717, 1.165) is 4.31 Å². The molecule has 2 heterocycles. The fourth-order valence-corrected chi connectivity index (χ4v) is 4.61. The highest BCUT2D eigenvalue weighted by molar-refractivity contribution is 9.10. The first-order chi connectivity index (χ1) is 14.3. The van der Waals surface area contributed by atoms with Crippen molar-refractivity contribution in [3.05, 3.63) is 34.2 Å². The quantitative estimate of drug-likeness (QED) is 0.203. The van der Waals surface area contributed by atoms with E-state index in [1.807, 2.05) is 5.48 Å². The summed E-state index contributed by atoms with van der Waals surface area (Å²) in [6.07, 6.45) is -0.222. The van der Waals surface area contributed by atoms with Crippen LogP contribution in [0.3, 0.4) is 0 Å². The number of alkyl halides is 1. The van der Waals surface area contributed by atoms with Crippen LogP contribution < -0.4 is 10.8 Å². The molecule has 3 rings (SSSR count). The molecular formula is C16H19BrF2N6O4S. The van der Waals surface area contributed by atoms with Gasteiger partial charge < -0.3 is 5.32 Å². The number of hydrogen-bond acceptors (Lipinski definition) is 8. The number of hydrogen-bond donors (Lipinski definition) is 3. The maximum atomic E-state index is 13.4. The SMILES string of the molecule is O=S(=O)(CCCCNc1nonc1C(=Nc1ccc(F)c(Br)c1)NO)N1CC(F)C1. The number of aliphatic imine (C=N–C) groups is 1. The lowest BCUT2D eigenvalue weighted by Gasteiger charge is -2.33. The lowest BCUT2D eigenvalue weighted by Crippen LogP contribution is -2.52. The summed E-state index contributed by atoms with van der Waals surface area (Å²) in [4.78, 5) is 4.14. The van der Waals surface area contributed by atoms with Crippen molar-refractivity contribution < 1.29 is 27.0 Å². The van der Waals surface area contributed by atoms with Gasteiger partial charge in [0.2, 0.25) is 15.8 Å². The molecule has 0 aliphatic carbocycles. The van der Waals surface area contributed by atoms with E-state index in [4.69, 9.17) is 0 Å². The summed E-state index contributed by atoms with van der Waals surface area (Å²) in [5.74, 6) is -0.436. The Morgan fingerprint density at radius 2 is 2.13 bits per heavy atom. The number of amidine groups is 1. The van der Waals surface area contributed by atoms with Crippen LogP contribution in [0.1, 0.15) is 18.5 Å². The van der Waals surface area contributed by atoms with E-state index in [1.165, 1.54) is 18.2 Å². The highest BCUT2D eigenvalue weighted by Crippen LogP contribution is 2.23. The Morgan fingerprint density at radius 1 is 1.37 bits per heavy atom. The third-order valence-electron chi connectivity index (χ3n) is 4.28. The van der Waals surface area contributed by atoms with Crippen molar-refractivity contribution in [3.63, 3.8) is 0 Å². The predicted molar refractivity (Wildman–Crippen MR) is 107 cm³/mol. The Labute approximate surface area is 179 Å². The van der Waals surface area contributed by atoms with Gasteiger partial charge in [0.1, 0.15) is 12.0 Å². The highest BCUT2D eigenvalue weighted by atomic mass is 79.9. The van der Waals surface area contributed by atoms with Crippen LogP contribution in [0.4, 0.5) is 20.3 Å². The molecule has 0 radical (unpaired) electrons. The molecule has 2 aromatic rings. The number of nitrogens with zero attached hydrogens (tertiary/aromatic N) is 4. The van der Waals surface area contributed by atoms with E-state index in [0.29, 0.717) is 25.1 Å². The van der Waals surface area contributed by atoms with Gasteiger partial charge in [-0.05, 0) is 57.3 Å². The van der Waals surface area contributed by atoms with Crippen molar-refractivity contribution in [1.29, 1.82) is 0 Å². The third kappa shape index (κ3) is 5.50. The minimum absolute atomic E-state index is 0.0737. The second-order valence-electron chi connectivity index (χ2n) is 6.50. The van der Waals surface area contributed by atoms with E-state index in [9.17, 15) is 22.4 Å². The standard InChI is InChI=1S/C16H19BrF2N6O4S/c17-12-7-11(3-4-13(12)19)21-16(22-26)14-15(24-29-23-14)20-5-1-2-6-30(27,28)25-8-10(18)9-25/h3-4,7,10,26H,1-2,5-6,8-9H2,(H,20,24)(H,21,22). The smallest absolute Gasteiger partial charge is 0.214 e. The van der Waals surface area contributed by atoms with E-state index in [-0.39, 0.29) is 40.7 Å². The highest BCUT2D eigenvalue weighted by Gasteiger charge is 2.35. The van der Waals surface area contributed by atoms with Crippen molar-refractivity contribution >= 4 is 43.3 Å². The second kappa shape index (κ2) is 9.76. The molecular weight excluding hydrogens is 490 g/mol. The third-order valence-corrected chi connectivity index (χ3v) is 6.78. The van der Waals surface area contributed by atoms with Crippen LogP contribution in [0, 0.1) is 5.82 Å². The fraction of sp³-hybridized carbons (Fsp3) is 0.438. The van der Waals surface area contributed by atoms with Crippen molar-refractivity contribution in [1.82, 2.24) is 20.1 Å². The molecule has 0 spiro atoms. The van der Waals surface area contributed by atoms with Gasteiger partial charge in [-0.15, -0.1) is 0 Å². The Balaban J connectivity index is 1.55. The fourth-order valence-electron chi connectivity index (χ4n) is 2.64. The van der Waals surface area contributed by atoms with Crippen molar-refractivity contribution in [2.45, 2.75) is 19.0 Å². The Morgan fingerprint density at radius 3 is 2.80 bits per heavy atom. The molecule has 1 aromatic heterocycles. The molecule has 0 saturated carbocycles.